The van der Waals surface area contributed by atoms with E-state index in [2.05, 4.69) is 0 Å². The van der Waals surface area contributed by atoms with Gasteiger partial charge < -0.3 is 19.3 Å². The number of rotatable bonds is 3. The molecule has 3 aliphatic heterocycles. The Morgan fingerprint density at radius 2 is 2.00 bits per heavy atom. The highest BCUT2D eigenvalue weighted by atomic mass is 16.5. The third kappa shape index (κ3) is 2.66. The predicted molar refractivity (Wildman–Crippen MR) is 107 cm³/mol. The highest BCUT2D eigenvalue weighted by Gasteiger charge is 2.65. The number of methoxy groups -OCH3 is 1. The van der Waals surface area contributed by atoms with Gasteiger partial charge in [-0.3, -0.25) is 9.59 Å². The molecule has 0 radical (unpaired) electrons. The van der Waals surface area contributed by atoms with Gasteiger partial charge in [0, 0.05) is 18.5 Å². The van der Waals surface area contributed by atoms with Crippen LogP contribution in [0.5, 0.6) is 5.75 Å². The van der Waals surface area contributed by atoms with Gasteiger partial charge in [-0.2, -0.15) is 0 Å². The summed E-state index contributed by atoms with van der Waals surface area (Å²) in [6, 6.07) is 15.2. The van der Waals surface area contributed by atoms with Crippen molar-refractivity contribution < 1.29 is 19.1 Å². The minimum Gasteiger partial charge on any atom is -0.496 e. The van der Waals surface area contributed by atoms with Crippen LogP contribution in [0.2, 0.25) is 0 Å². The molecule has 3 heterocycles. The van der Waals surface area contributed by atoms with Crippen LogP contribution in [0.4, 0.5) is 0 Å². The SMILES string of the molecule is COc1ccc(C(=O)N2CC[C@@]34O[C@@H](c5ccccc5)CN3C(=O)C[C@@H]24)cc1C. The molecule has 3 aliphatic rings. The minimum absolute atomic E-state index is 0.0564. The highest BCUT2D eigenvalue weighted by Crippen LogP contribution is 2.50. The number of ether oxygens (including phenoxy) is 2. The lowest BCUT2D eigenvalue weighted by molar-refractivity contribution is -0.138. The fourth-order valence-corrected chi connectivity index (χ4v) is 5.09. The molecule has 2 aromatic rings. The number of benzene rings is 2. The van der Waals surface area contributed by atoms with Gasteiger partial charge in [0.15, 0.2) is 5.72 Å². The Morgan fingerprint density at radius 3 is 2.72 bits per heavy atom. The van der Waals surface area contributed by atoms with E-state index >= 15 is 0 Å². The molecule has 6 heteroatoms. The first-order valence-electron chi connectivity index (χ1n) is 10.0. The number of hydrogen-bond acceptors (Lipinski definition) is 4. The molecule has 29 heavy (non-hydrogen) atoms. The molecule has 2 amide bonds. The quantitative estimate of drug-likeness (QED) is 0.806. The van der Waals surface area contributed by atoms with E-state index in [0.717, 1.165) is 16.9 Å². The van der Waals surface area contributed by atoms with Gasteiger partial charge in [0.25, 0.3) is 5.91 Å². The molecule has 3 atom stereocenters. The van der Waals surface area contributed by atoms with Crippen LogP contribution in [0, 0.1) is 6.92 Å². The van der Waals surface area contributed by atoms with Crippen molar-refractivity contribution in [2.45, 2.75) is 37.6 Å². The van der Waals surface area contributed by atoms with Crippen molar-refractivity contribution in [2.75, 3.05) is 20.2 Å². The third-order valence-corrected chi connectivity index (χ3v) is 6.50. The average molecular weight is 392 g/mol. The number of carbonyl (C=O) groups is 2. The lowest BCUT2D eigenvalue weighted by Gasteiger charge is -2.32. The number of nitrogens with zero attached hydrogens (tertiary/aromatic N) is 2. The molecule has 0 N–H and O–H groups in total. The smallest absolute Gasteiger partial charge is 0.254 e. The fourth-order valence-electron chi connectivity index (χ4n) is 5.09. The van der Waals surface area contributed by atoms with Gasteiger partial charge in [-0.1, -0.05) is 30.3 Å². The topological polar surface area (TPSA) is 59.1 Å². The minimum atomic E-state index is -0.700. The number of carbonyl (C=O) groups excluding carboxylic acids is 2. The van der Waals surface area contributed by atoms with Crippen molar-refractivity contribution in [1.29, 1.82) is 0 Å². The number of aryl methyl sites for hydroxylation is 1. The van der Waals surface area contributed by atoms with Crippen LogP contribution in [-0.4, -0.2) is 53.6 Å². The molecule has 150 valence electrons. The van der Waals surface area contributed by atoms with E-state index in [4.69, 9.17) is 9.47 Å². The van der Waals surface area contributed by atoms with Crippen LogP contribution in [0.3, 0.4) is 0 Å². The Labute approximate surface area is 170 Å². The molecular formula is C23H24N2O4. The molecule has 6 nitrogen and oxygen atoms in total. The van der Waals surface area contributed by atoms with Crippen LogP contribution in [-0.2, 0) is 9.53 Å². The summed E-state index contributed by atoms with van der Waals surface area (Å²) in [5.74, 6) is 0.766. The van der Waals surface area contributed by atoms with Gasteiger partial charge in [0.1, 0.15) is 11.9 Å². The van der Waals surface area contributed by atoms with Crippen molar-refractivity contribution in [2.24, 2.45) is 0 Å². The van der Waals surface area contributed by atoms with E-state index < -0.39 is 5.72 Å². The summed E-state index contributed by atoms with van der Waals surface area (Å²) in [7, 11) is 1.62. The van der Waals surface area contributed by atoms with Crippen molar-refractivity contribution in [3.05, 3.63) is 65.2 Å². The Hall–Kier alpha value is -2.86. The van der Waals surface area contributed by atoms with Gasteiger partial charge in [-0.15, -0.1) is 0 Å². The van der Waals surface area contributed by atoms with Crippen molar-refractivity contribution in [3.63, 3.8) is 0 Å². The van der Waals surface area contributed by atoms with E-state index in [0.29, 0.717) is 31.5 Å². The maximum atomic E-state index is 13.3. The second-order valence-corrected chi connectivity index (χ2v) is 8.02. The number of hydrogen-bond donors (Lipinski definition) is 0. The molecule has 3 fully saturated rings. The number of amides is 2. The molecule has 2 aromatic carbocycles. The number of likely N-dealkylation sites (tertiary alicyclic amines) is 1. The van der Waals surface area contributed by atoms with E-state index in [1.54, 1.807) is 13.2 Å². The molecule has 0 saturated carbocycles. The summed E-state index contributed by atoms with van der Waals surface area (Å²) in [4.78, 5) is 29.7. The first-order chi connectivity index (χ1) is 14.0. The predicted octanol–water partition coefficient (Wildman–Crippen LogP) is 2.92. The Balaban J connectivity index is 1.43. The van der Waals surface area contributed by atoms with E-state index in [1.165, 1.54) is 0 Å². The zero-order chi connectivity index (χ0) is 20.2. The summed E-state index contributed by atoms with van der Waals surface area (Å²) in [5, 5.41) is 0. The zero-order valence-electron chi connectivity index (χ0n) is 16.6. The normalized spacial score (nSPS) is 27.9. The Bertz CT molecular complexity index is 976. The van der Waals surface area contributed by atoms with E-state index in [-0.39, 0.29) is 24.0 Å². The summed E-state index contributed by atoms with van der Waals surface area (Å²) < 4.78 is 11.8. The summed E-state index contributed by atoms with van der Waals surface area (Å²) in [6.07, 6.45) is 0.817. The summed E-state index contributed by atoms with van der Waals surface area (Å²) in [6.45, 7) is 3.05. The third-order valence-electron chi connectivity index (χ3n) is 6.50. The molecule has 0 aliphatic carbocycles. The molecular weight excluding hydrogens is 368 g/mol. The highest BCUT2D eigenvalue weighted by molar-refractivity contribution is 5.96. The monoisotopic (exact) mass is 392 g/mol. The first-order valence-corrected chi connectivity index (χ1v) is 10.0. The van der Waals surface area contributed by atoms with Gasteiger partial charge in [-0.25, -0.2) is 0 Å². The zero-order valence-corrected chi connectivity index (χ0v) is 16.6. The largest absolute Gasteiger partial charge is 0.496 e. The maximum Gasteiger partial charge on any atom is 0.254 e. The molecule has 0 bridgehead atoms. The van der Waals surface area contributed by atoms with Crippen LogP contribution in [0.25, 0.3) is 0 Å². The second kappa shape index (κ2) is 6.59. The van der Waals surface area contributed by atoms with Gasteiger partial charge in [0.05, 0.1) is 26.1 Å². The molecule has 5 rings (SSSR count). The molecule has 1 spiro atoms. The second-order valence-electron chi connectivity index (χ2n) is 8.02. The maximum absolute atomic E-state index is 13.3. The van der Waals surface area contributed by atoms with Crippen LogP contribution in [0.1, 0.15) is 40.4 Å². The van der Waals surface area contributed by atoms with E-state index in [9.17, 15) is 9.59 Å². The standard InChI is InChI=1S/C23H24N2O4/c1-15-12-17(8-9-18(15)28-2)22(27)24-11-10-23-20(24)13-21(26)25(23)14-19(29-23)16-6-4-3-5-7-16/h3-9,12,19-20H,10-11,13-14H2,1-2H3/t19-,20-,23+/m1/s1. The summed E-state index contributed by atoms with van der Waals surface area (Å²) >= 11 is 0. The van der Waals surface area contributed by atoms with Crippen LogP contribution < -0.4 is 4.74 Å². The van der Waals surface area contributed by atoms with Gasteiger partial charge >= 0.3 is 0 Å². The van der Waals surface area contributed by atoms with Crippen molar-refractivity contribution >= 4 is 11.8 Å². The van der Waals surface area contributed by atoms with Crippen LogP contribution in [0.15, 0.2) is 48.5 Å². The fraction of sp³-hybridized carbons (Fsp3) is 0.391. The van der Waals surface area contributed by atoms with Gasteiger partial charge in [0.2, 0.25) is 5.91 Å². The van der Waals surface area contributed by atoms with Crippen LogP contribution >= 0.6 is 0 Å². The lowest BCUT2D eigenvalue weighted by Crippen LogP contribution is -2.48. The molecule has 3 saturated heterocycles. The summed E-state index contributed by atoms with van der Waals surface area (Å²) in [5.41, 5.74) is 1.90. The Kier molecular flexibility index (Phi) is 4.13. The first kappa shape index (κ1) is 18.2. The van der Waals surface area contributed by atoms with E-state index in [1.807, 2.05) is 59.2 Å². The van der Waals surface area contributed by atoms with Crippen molar-refractivity contribution in [1.82, 2.24) is 9.80 Å². The molecule has 0 aromatic heterocycles. The van der Waals surface area contributed by atoms with Gasteiger partial charge in [-0.05, 0) is 36.2 Å². The van der Waals surface area contributed by atoms with Crippen molar-refractivity contribution in [3.8, 4) is 5.75 Å². The Morgan fingerprint density at radius 1 is 1.21 bits per heavy atom. The average Bonchev–Trinajstić information content (AvgIpc) is 3.36. The lowest BCUT2D eigenvalue weighted by atomic mass is 10.0. The molecule has 0 unspecified atom stereocenters.